The first kappa shape index (κ1) is 10.2. The molecule has 1 aliphatic rings. The summed E-state index contributed by atoms with van der Waals surface area (Å²) < 4.78 is 5.22. The second kappa shape index (κ2) is 4.13. The van der Waals surface area contributed by atoms with Gasteiger partial charge in [0.15, 0.2) is 0 Å². The molecule has 0 radical (unpaired) electrons. The van der Waals surface area contributed by atoms with Crippen molar-refractivity contribution in [2.75, 3.05) is 23.8 Å². The Morgan fingerprint density at radius 3 is 3.24 bits per heavy atom. The Hall–Kier alpha value is -1.97. The molecule has 4 nitrogen and oxygen atoms in total. The molecule has 1 aliphatic heterocycles. The van der Waals surface area contributed by atoms with Crippen molar-refractivity contribution in [3.8, 4) is 0 Å². The highest BCUT2D eigenvalue weighted by molar-refractivity contribution is 5.70. The summed E-state index contributed by atoms with van der Waals surface area (Å²) in [5.41, 5.74) is 3.31. The molecule has 17 heavy (non-hydrogen) atoms. The average molecular weight is 229 g/mol. The van der Waals surface area contributed by atoms with Crippen molar-refractivity contribution in [1.82, 2.24) is 4.98 Å². The van der Waals surface area contributed by atoms with E-state index in [-0.39, 0.29) is 0 Å². The highest BCUT2D eigenvalue weighted by Gasteiger charge is 2.23. The fraction of sp³-hybridized carbons (Fsp3) is 0.308. The summed E-state index contributed by atoms with van der Waals surface area (Å²) in [4.78, 5) is 6.57. The Balaban J connectivity index is 1.76. The second-order valence-electron chi connectivity index (χ2n) is 4.42. The lowest BCUT2D eigenvalue weighted by atomic mass is 10.1. The monoisotopic (exact) mass is 229 g/mol. The van der Waals surface area contributed by atoms with Crippen LogP contribution in [-0.2, 0) is 6.42 Å². The van der Waals surface area contributed by atoms with Gasteiger partial charge in [-0.25, -0.2) is 0 Å². The van der Waals surface area contributed by atoms with Crippen molar-refractivity contribution in [3.05, 3.63) is 42.6 Å². The SMILES string of the molecule is CN1CC(Cc2ccccn2)Nc2cocc21. The maximum absolute atomic E-state index is 5.22. The minimum atomic E-state index is 0.375. The molecule has 2 aromatic rings. The average Bonchev–Trinajstić information content (AvgIpc) is 2.79. The van der Waals surface area contributed by atoms with Gasteiger partial charge >= 0.3 is 0 Å². The topological polar surface area (TPSA) is 41.3 Å². The van der Waals surface area contributed by atoms with E-state index in [1.807, 2.05) is 18.3 Å². The number of aromatic nitrogens is 1. The molecule has 0 saturated carbocycles. The Morgan fingerprint density at radius 2 is 2.41 bits per heavy atom. The molecular weight excluding hydrogens is 214 g/mol. The van der Waals surface area contributed by atoms with Gasteiger partial charge in [0.05, 0.1) is 11.4 Å². The molecule has 88 valence electrons. The number of hydrogen-bond acceptors (Lipinski definition) is 4. The first-order chi connectivity index (χ1) is 8.33. The Bertz CT molecular complexity index is 494. The van der Waals surface area contributed by atoms with Crippen LogP contribution in [0.25, 0.3) is 0 Å². The van der Waals surface area contributed by atoms with E-state index < -0.39 is 0 Å². The lowest BCUT2D eigenvalue weighted by Gasteiger charge is -2.32. The van der Waals surface area contributed by atoms with Crippen molar-refractivity contribution >= 4 is 11.4 Å². The summed E-state index contributed by atoms with van der Waals surface area (Å²) in [5.74, 6) is 0. The molecule has 1 atom stereocenters. The maximum Gasteiger partial charge on any atom is 0.116 e. The largest absolute Gasteiger partial charge is 0.468 e. The predicted molar refractivity (Wildman–Crippen MR) is 67.3 cm³/mol. The highest BCUT2D eigenvalue weighted by atomic mass is 16.3. The van der Waals surface area contributed by atoms with E-state index >= 15 is 0 Å². The van der Waals surface area contributed by atoms with Crippen molar-refractivity contribution in [2.24, 2.45) is 0 Å². The summed E-state index contributed by atoms with van der Waals surface area (Å²) in [5, 5.41) is 3.48. The van der Waals surface area contributed by atoms with Crippen LogP contribution in [0.3, 0.4) is 0 Å². The predicted octanol–water partition coefficient (Wildman–Crippen LogP) is 2.15. The van der Waals surface area contributed by atoms with Crippen molar-refractivity contribution in [3.63, 3.8) is 0 Å². The van der Waals surface area contributed by atoms with Gasteiger partial charge in [0.2, 0.25) is 0 Å². The van der Waals surface area contributed by atoms with Crippen molar-refractivity contribution in [1.29, 1.82) is 0 Å². The molecule has 0 spiro atoms. The normalized spacial score (nSPS) is 18.6. The molecule has 0 saturated heterocycles. The van der Waals surface area contributed by atoms with Gasteiger partial charge in [0.25, 0.3) is 0 Å². The third-order valence-electron chi connectivity index (χ3n) is 3.09. The van der Waals surface area contributed by atoms with E-state index in [9.17, 15) is 0 Å². The maximum atomic E-state index is 5.22. The Morgan fingerprint density at radius 1 is 1.47 bits per heavy atom. The molecule has 3 heterocycles. The van der Waals surface area contributed by atoms with Crippen LogP contribution >= 0.6 is 0 Å². The van der Waals surface area contributed by atoms with Crippen molar-refractivity contribution in [2.45, 2.75) is 12.5 Å². The standard InChI is InChI=1S/C13H15N3O/c1-16-7-11(6-10-4-2-3-5-14-10)15-12-8-17-9-13(12)16/h2-5,8-9,11,15H,6-7H2,1H3. The molecule has 1 N–H and O–H groups in total. The summed E-state index contributed by atoms with van der Waals surface area (Å²) in [6.07, 6.45) is 6.30. The molecule has 4 heteroatoms. The summed E-state index contributed by atoms with van der Waals surface area (Å²) in [6, 6.07) is 6.41. The fourth-order valence-corrected chi connectivity index (χ4v) is 2.28. The first-order valence-corrected chi connectivity index (χ1v) is 5.77. The lowest BCUT2D eigenvalue weighted by Crippen LogP contribution is -2.40. The van der Waals surface area contributed by atoms with E-state index in [4.69, 9.17) is 4.42 Å². The number of fused-ring (bicyclic) bond motifs is 1. The van der Waals surface area contributed by atoms with E-state index in [0.29, 0.717) is 6.04 Å². The number of furan rings is 1. The molecule has 3 rings (SSSR count). The summed E-state index contributed by atoms with van der Waals surface area (Å²) >= 11 is 0. The van der Waals surface area contributed by atoms with Crippen molar-refractivity contribution < 1.29 is 4.42 Å². The van der Waals surface area contributed by atoms with Gasteiger partial charge in [0.1, 0.15) is 12.5 Å². The van der Waals surface area contributed by atoms with E-state index in [1.165, 1.54) is 0 Å². The molecule has 0 aromatic carbocycles. The number of rotatable bonds is 2. The molecule has 2 aromatic heterocycles. The molecule has 0 fully saturated rings. The van der Waals surface area contributed by atoms with E-state index in [0.717, 1.165) is 30.0 Å². The minimum absolute atomic E-state index is 0.375. The van der Waals surface area contributed by atoms with Crippen LogP contribution in [0.5, 0.6) is 0 Å². The van der Waals surface area contributed by atoms with Gasteiger partial charge in [-0.05, 0) is 12.1 Å². The molecule has 0 aliphatic carbocycles. The number of hydrogen-bond donors (Lipinski definition) is 1. The van der Waals surface area contributed by atoms with Gasteiger partial charge in [-0.15, -0.1) is 0 Å². The first-order valence-electron chi connectivity index (χ1n) is 5.77. The van der Waals surface area contributed by atoms with Gasteiger partial charge in [-0.2, -0.15) is 0 Å². The fourth-order valence-electron chi connectivity index (χ4n) is 2.28. The second-order valence-corrected chi connectivity index (χ2v) is 4.42. The minimum Gasteiger partial charge on any atom is -0.468 e. The van der Waals surface area contributed by atoms with Crippen LogP contribution in [-0.4, -0.2) is 24.6 Å². The summed E-state index contributed by atoms with van der Waals surface area (Å²) in [7, 11) is 2.08. The number of pyridine rings is 1. The third-order valence-corrected chi connectivity index (χ3v) is 3.09. The number of nitrogens with zero attached hydrogens (tertiary/aromatic N) is 2. The zero-order valence-corrected chi connectivity index (χ0v) is 9.76. The van der Waals surface area contributed by atoms with Crippen LogP contribution < -0.4 is 10.2 Å². The summed E-state index contributed by atoms with van der Waals surface area (Å²) in [6.45, 7) is 0.961. The smallest absolute Gasteiger partial charge is 0.116 e. The van der Waals surface area contributed by atoms with Crippen LogP contribution in [0.15, 0.2) is 41.3 Å². The molecule has 0 bridgehead atoms. The number of likely N-dealkylation sites (N-methyl/N-ethyl adjacent to an activating group) is 1. The third kappa shape index (κ3) is 1.98. The zero-order chi connectivity index (χ0) is 11.7. The highest BCUT2D eigenvalue weighted by Crippen LogP contribution is 2.31. The Kier molecular flexibility index (Phi) is 2.48. The molecular formula is C13H15N3O. The molecule has 0 amide bonds. The van der Waals surface area contributed by atoms with Gasteiger partial charge in [0, 0.05) is 37.9 Å². The van der Waals surface area contributed by atoms with E-state index in [1.54, 1.807) is 12.5 Å². The van der Waals surface area contributed by atoms with Gasteiger partial charge in [-0.1, -0.05) is 6.07 Å². The lowest BCUT2D eigenvalue weighted by molar-refractivity contribution is 0.568. The van der Waals surface area contributed by atoms with E-state index in [2.05, 4.69) is 28.3 Å². The van der Waals surface area contributed by atoms with Gasteiger partial charge in [-0.3, -0.25) is 4.98 Å². The van der Waals surface area contributed by atoms with Crippen LogP contribution in [0, 0.1) is 0 Å². The molecule has 1 unspecified atom stereocenters. The van der Waals surface area contributed by atoms with Crippen LogP contribution in [0.4, 0.5) is 11.4 Å². The zero-order valence-electron chi connectivity index (χ0n) is 9.76. The van der Waals surface area contributed by atoms with Crippen LogP contribution in [0.1, 0.15) is 5.69 Å². The Labute approximate surface area is 100 Å². The van der Waals surface area contributed by atoms with Gasteiger partial charge < -0.3 is 14.6 Å². The van der Waals surface area contributed by atoms with Crippen LogP contribution in [0.2, 0.25) is 0 Å². The number of anilines is 2. The quantitative estimate of drug-likeness (QED) is 0.856. The number of nitrogens with one attached hydrogen (secondary N) is 1.